The van der Waals surface area contributed by atoms with Gasteiger partial charge in [-0.1, -0.05) is 49.4 Å². The van der Waals surface area contributed by atoms with Crippen LogP contribution in [-0.4, -0.2) is 15.3 Å². The molecule has 0 atom stereocenters. The van der Waals surface area contributed by atoms with Crippen LogP contribution in [-0.2, 0) is 24.2 Å². The molecule has 0 bridgehead atoms. The van der Waals surface area contributed by atoms with E-state index in [0.717, 1.165) is 28.8 Å². The van der Waals surface area contributed by atoms with Crippen LogP contribution in [0.2, 0.25) is 0 Å². The fourth-order valence-corrected chi connectivity index (χ4v) is 2.63. The molecule has 3 nitrogen and oxygen atoms in total. The zero-order valence-corrected chi connectivity index (χ0v) is 12.1. The summed E-state index contributed by atoms with van der Waals surface area (Å²) in [6.45, 7) is 2.46. The van der Waals surface area contributed by atoms with Crippen LogP contribution in [0, 0.1) is 0 Å². The Kier molecular flexibility index (Phi) is 3.82. The second kappa shape index (κ2) is 5.92. The number of ketones is 1. The summed E-state index contributed by atoms with van der Waals surface area (Å²) in [5, 5.41) is 0. The molecule has 0 amide bonds. The molecule has 0 saturated carbocycles. The fraction of sp³-hybridized carbons (Fsp3) is 0.222. The Bertz CT molecular complexity index is 759. The van der Waals surface area contributed by atoms with Crippen LogP contribution in [0.5, 0.6) is 0 Å². The molecule has 2 aromatic carbocycles. The van der Waals surface area contributed by atoms with Crippen LogP contribution in [0.3, 0.4) is 0 Å². The molecule has 3 heteroatoms. The third-order valence-electron chi connectivity index (χ3n) is 3.63. The molecule has 0 N–H and O–H groups in total. The van der Waals surface area contributed by atoms with E-state index in [9.17, 15) is 4.79 Å². The largest absolute Gasteiger partial charge is 0.320 e. The zero-order valence-electron chi connectivity index (χ0n) is 12.1. The maximum atomic E-state index is 12.3. The maximum absolute atomic E-state index is 12.3. The highest BCUT2D eigenvalue weighted by molar-refractivity contribution is 5.83. The van der Waals surface area contributed by atoms with Gasteiger partial charge in [0.05, 0.1) is 17.6 Å². The summed E-state index contributed by atoms with van der Waals surface area (Å²) in [6, 6.07) is 17.9. The predicted octanol–water partition coefficient (Wildman–Crippen LogP) is 3.41. The van der Waals surface area contributed by atoms with Gasteiger partial charge in [-0.2, -0.15) is 0 Å². The lowest BCUT2D eigenvalue weighted by molar-refractivity contribution is -0.118. The van der Waals surface area contributed by atoms with Crippen LogP contribution < -0.4 is 0 Å². The molecule has 1 aromatic heterocycles. The summed E-state index contributed by atoms with van der Waals surface area (Å²) in [5.74, 6) is 1.18. The van der Waals surface area contributed by atoms with Crippen LogP contribution in [0.1, 0.15) is 18.3 Å². The molecule has 0 aliphatic rings. The highest BCUT2D eigenvalue weighted by Crippen LogP contribution is 2.16. The molecule has 0 aliphatic carbocycles. The fourth-order valence-electron chi connectivity index (χ4n) is 2.63. The molecule has 0 saturated heterocycles. The summed E-state index contributed by atoms with van der Waals surface area (Å²) in [7, 11) is 0. The number of rotatable bonds is 5. The number of imidazole rings is 1. The summed E-state index contributed by atoms with van der Waals surface area (Å²) < 4.78 is 2.04. The Morgan fingerprint density at radius 1 is 1.05 bits per heavy atom. The zero-order chi connectivity index (χ0) is 14.7. The SMILES string of the molecule is CCc1nc2ccccc2n1CC(=O)Cc1ccccc1. The Balaban J connectivity index is 1.85. The lowest BCUT2D eigenvalue weighted by Crippen LogP contribution is -2.14. The van der Waals surface area contributed by atoms with Crippen LogP contribution in [0.15, 0.2) is 54.6 Å². The topological polar surface area (TPSA) is 34.9 Å². The lowest BCUT2D eigenvalue weighted by atomic mass is 10.1. The van der Waals surface area contributed by atoms with Crippen molar-refractivity contribution in [3.63, 3.8) is 0 Å². The first kappa shape index (κ1) is 13.6. The van der Waals surface area contributed by atoms with E-state index in [4.69, 9.17) is 0 Å². The Hall–Kier alpha value is -2.42. The van der Waals surface area contributed by atoms with E-state index < -0.39 is 0 Å². The monoisotopic (exact) mass is 278 g/mol. The number of Topliss-reactive ketones (excluding diaryl/α,β-unsaturated/α-hetero) is 1. The number of para-hydroxylation sites is 2. The van der Waals surface area contributed by atoms with Gasteiger partial charge < -0.3 is 4.57 Å². The molecule has 3 aromatic rings. The Morgan fingerprint density at radius 2 is 1.76 bits per heavy atom. The van der Waals surface area contributed by atoms with Crippen molar-refractivity contribution in [3.8, 4) is 0 Å². The van der Waals surface area contributed by atoms with Gasteiger partial charge in [0.1, 0.15) is 5.82 Å². The number of aryl methyl sites for hydroxylation is 1. The summed E-state index contributed by atoms with van der Waals surface area (Å²) in [6.07, 6.45) is 1.30. The minimum atomic E-state index is 0.207. The molecule has 21 heavy (non-hydrogen) atoms. The van der Waals surface area contributed by atoms with Crippen LogP contribution in [0.4, 0.5) is 0 Å². The van der Waals surface area contributed by atoms with Gasteiger partial charge in [-0.05, 0) is 17.7 Å². The van der Waals surface area contributed by atoms with Crippen LogP contribution >= 0.6 is 0 Å². The highest BCUT2D eigenvalue weighted by Gasteiger charge is 2.12. The minimum Gasteiger partial charge on any atom is -0.320 e. The summed E-state index contributed by atoms with van der Waals surface area (Å²) in [4.78, 5) is 16.9. The summed E-state index contributed by atoms with van der Waals surface area (Å²) in [5.41, 5.74) is 3.06. The quantitative estimate of drug-likeness (QED) is 0.717. The van der Waals surface area contributed by atoms with Gasteiger partial charge >= 0.3 is 0 Å². The molecule has 1 heterocycles. The summed E-state index contributed by atoms with van der Waals surface area (Å²) >= 11 is 0. The second-order valence-electron chi connectivity index (χ2n) is 5.16. The van der Waals surface area contributed by atoms with Gasteiger partial charge in [-0.15, -0.1) is 0 Å². The van der Waals surface area contributed by atoms with Crippen molar-refractivity contribution in [2.24, 2.45) is 0 Å². The van der Waals surface area contributed by atoms with E-state index in [0.29, 0.717) is 13.0 Å². The van der Waals surface area contributed by atoms with E-state index in [1.807, 2.05) is 59.2 Å². The lowest BCUT2D eigenvalue weighted by Gasteiger charge is -2.07. The van der Waals surface area contributed by atoms with E-state index in [-0.39, 0.29) is 5.78 Å². The van der Waals surface area contributed by atoms with E-state index in [1.54, 1.807) is 0 Å². The van der Waals surface area contributed by atoms with Gasteiger partial charge in [0.25, 0.3) is 0 Å². The van der Waals surface area contributed by atoms with Crippen molar-refractivity contribution in [2.75, 3.05) is 0 Å². The van der Waals surface area contributed by atoms with Crippen molar-refractivity contribution in [1.29, 1.82) is 0 Å². The number of hydrogen-bond acceptors (Lipinski definition) is 2. The van der Waals surface area contributed by atoms with Crippen molar-refractivity contribution >= 4 is 16.8 Å². The predicted molar refractivity (Wildman–Crippen MR) is 84.3 cm³/mol. The number of nitrogens with zero attached hydrogens (tertiary/aromatic N) is 2. The first-order chi connectivity index (χ1) is 10.3. The molecule has 0 radical (unpaired) electrons. The number of carbonyl (C=O) groups excluding carboxylic acids is 1. The maximum Gasteiger partial charge on any atom is 0.156 e. The number of hydrogen-bond donors (Lipinski definition) is 0. The smallest absolute Gasteiger partial charge is 0.156 e. The standard InChI is InChI=1S/C18H18N2O/c1-2-18-19-16-10-6-7-11-17(16)20(18)13-15(21)12-14-8-4-3-5-9-14/h3-11H,2,12-13H2,1H3. The minimum absolute atomic E-state index is 0.207. The second-order valence-corrected chi connectivity index (χ2v) is 5.16. The van der Waals surface area contributed by atoms with Gasteiger partial charge in [0, 0.05) is 12.8 Å². The number of fused-ring (bicyclic) bond motifs is 1. The average Bonchev–Trinajstić information content (AvgIpc) is 2.86. The number of aromatic nitrogens is 2. The Morgan fingerprint density at radius 3 is 2.52 bits per heavy atom. The average molecular weight is 278 g/mol. The first-order valence-electron chi connectivity index (χ1n) is 7.27. The third-order valence-corrected chi connectivity index (χ3v) is 3.63. The molecule has 3 rings (SSSR count). The first-order valence-corrected chi connectivity index (χ1v) is 7.27. The van der Waals surface area contributed by atoms with E-state index in [2.05, 4.69) is 11.9 Å². The normalized spacial score (nSPS) is 10.9. The molecular formula is C18H18N2O. The van der Waals surface area contributed by atoms with Crippen molar-refractivity contribution in [2.45, 2.75) is 26.3 Å². The molecule has 0 spiro atoms. The molecular weight excluding hydrogens is 260 g/mol. The van der Waals surface area contributed by atoms with Gasteiger partial charge in [-0.3, -0.25) is 4.79 Å². The van der Waals surface area contributed by atoms with Crippen molar-refractivity contribution in [1.82, 2.24) is 9.55 Å². The van der Waals surface area contributed by atoms with Gasteiger partial charge in [-0.25, -0.2) is 4.98 Å². The molecule has 0 aliphatic heterocycles. The molecule has 0 unspecified atom stereocenters. The van der Waals surface area contributed by atoms with Gasteiger partial charge in [0.2, 0.25) is 0 Å². The van der Waals surface area contributed by atoms with Crippen molar-refractivity contribution < 1.29 is 4.79 Å². The third kappa shape index (κ3) is 2.87. The van der Waals surface area contributed by atoms with Crippen LogP contribution in [0.25, 0.3) is 11.0 Å². The number of benzene rings is 2. The van der Waals surface area contributed by atoms with E-state index in [1.165, 1.54) is 0 Å². The number of carbonyl (C=O) groups is 1. The van der Waals surface area contributed by atoms with Gasteiger partial charge in [0.15, 0.2) is 5.78 Å². The highest BCUT2D eigenvalue weighted by atomic mass is 16.1. The molecule has 106 valence electrons. The molecule has 0 fully saturated rings. The van der Waals surface area contributed by atoms with Crippen molar-refractivity contribution in [3.05, 3.63) is 66.0 Å². The van der Waals surface area contributed by atoms with E-state index >= 15 is 0 Å². The Labute approximate surface area is 124 Å².